The first-order valence-electron chi connectivity index (χ1n) is 21.5. The third-order valence-electron chi connectivity index (χ3n) is 9.61. The van der Waals surface area contributed by atoms with E-state index in [0.29, 0.717) is 12.8 Å². The van der Waals surface area contributed by atoms with E-state index in [1.165, 1.54) is 128 Å². The monoisotopic (exact) mass is 704 g/mol. The second-order valence-electron chi connectivity index (χ2n) is 14.6. The van der Waals surface area contributed by atoms with Gasteiger partial charge in [-0.1, -0.05) is 186 Å². The highest BCUT2D eigenvalue weighted by Crippen LogP contribution is 2.17. The molecule has 0 aromatic heterocycles. The minimum Gasteiger partial charge on any atom is -0.480 e. The summed E-state index contributed by atoms with van der Waals surface area (Å²) in [4.78, 5) is 34.9. The van der Waals surface area contributed by atoms with Crippen LogP contribution in [-0.2, 0) is 19.1 Å². The van der Waals surface area contributed by atoms with Crippen LogP contribution in [-0.4, -0.2) is 35.6 Å². The van der Waals surface area contributed by atoms with Gasteiger partial charge >= 0.3 is 11.9 Å². The smallest absolute Gasteiger partial charge is 0.322 e. The van der Waals surface area contributed by atoms with Crippen LogP contribution in [0.25, 0.3) is 0 Å². The van der Waals surface area contributed by atoms with Gasteiger partial charge in [0.1, 0.15) is 12.6 Å². The third-order valence-corrected chi connectivity index (χ3v) is 9.61. The zero-order valence-electron chi connectivity index (χ0n) is 33.0. The summed E-state index contributed by atoms with van der Waals surface area (Å²) >= 11 is 0. The Bertz CT molecular complexity index is 823. The molecule has 0 fully saturated rings. The van der Waals surface area contributed by atoms with Crippen molar-refractivity contribution in [1.82, 2.24) is 5.32 Å². The highest BCUT2D eigenvalue weighted by Gasteiger charge is 2.11. The van der Waals surface area contributed by atoms with E-state index in [9.17, 15) is 14.4 Å². The van der Waals surface area contributed by atoms with Crippen LogP contribution >= 0.6 is 0 Å². The number of nitrogens with one attached hydrogen (secondary N) is 1. The number of carboxylic acids is 1. The van der Waals surface area contributed by atoms with E-state index in [4.69, 9.17) is 9.84 Å². The second kappa shape index (κ2) is 39.7. The van der Waals surface area contributed by atoms with Crippen molar-refractivity contribution in [3.63, 3.8) is 0 Å². The lowest BCUT2D eigenvalue weighted by molar-refractivity contribution is -0.147. The van der Waals surface area contributed by atoms with Gasteiger partial charge in [-0.05, 0) is 51.0 Å². The number of amides is 1. The zero-order valence-corrected chi connectivity index (χ0v) is 33.0. The number of hydrogen-bond acceptors (Lipinski definition) is 4. The average Bonchev–Trinajstić information content (AvgIpc) is 3.10. The van der Waals surface area contributed by atoms with E-state index in [0.717, 1.165) is 70.6 Å². The fourth-order valence-electron chi connectivity index (χ4n) is 6.41. The molecule has 0 aliphatic carbocycles. The van der Waals surface area contributed by atoms with Gasteiger partial charge in [-0.2, -0.15) is 0 Å². The number of aliphatic carboxylic acids is 1. The number of allylic oxidation sites excluding steroid dienone is 3. The van der Waals surface area contributed by atoms with E-state index in [1.54, 1.807) is 0 Å². The van der Waals surface area contributed by atoms with Crippen LogP contribution in [0.15, 0.2) is 24.3 Å². The summed E-state index contributed by atoms with van der Waals surface area (Å²) in [5, 5.41) is 11.1. The van der Waals surface area contributed by atoms with E-state index in [2.05, 4.69) is 43.5 Å². The Morgan fingerprint density at radius 2 is 0.980 bits per heavy atom. The van der Waals surface area contributed by atoms with Gasteiger partial charge in [0, 0.05) is 12.8 Å². The van der Waals surface area contributed by atoms with Gasteiger partial charge in [0.25, 0.3) is 0 Å². The fraction of sp³-hybridized carbons (Fsp3) is 0.841. The molecule has 6 heteroatoms. The lowest BCUT2D eigenvalue weighted by atomic mass is 10.0. The quantitative estimate of drug-likeness (QED) is 0.0378. The first-order valence-corrected chi connectivity index (χ1v) is 21.5. The molecule has 0 rings (SSSR count). The largest absolute Gasteiger partial charge is 0.480 e. The highest BCUT2D eigenvalue weighted by atomic mass is 16.5. The molecule has 0 aromatic carbocycles. The summed E-state index contributed by atoms with van der Waals surface area (Å²) in [6.45, 7) is 4.21. The first-order chi connectivity index (χ1) is 24.5. The minimum absolute atomic E-state index is 0.0659. The van der Waals surface area contributed by atoms with Gasteiger partial charge in [-0.15, -0.1) is 0 Å². The van der Waals surface area contributed by atoms with Gasteiger partial charge in [0.15, 0.2) is 0 Å². The van der Waals surface area contributed by atoms with Crippen molar-refractivity contribution < 1.29 is 24.2 Å². The molecule has 0 radical (unpaired) electrons. The number of ether oxygens (including phenoxy) is 1. The molecule has 2 N–H and O–H groups in total. The highest BCUT2D eigenvalue weighted by molar-refractivity contribution is 5.80. The molecule has 0 bridgehead atoms. The third kappa shape index (κ3) is 38.7. The molecule has 0 aliphatic rings. The minimum atomic E-state index is -1.02. The maximum Gasteiger partial charge on any atom is 0.322 e. The van der Waals surface area contributed by atoms with Crippen LogP contribution in [0.2, 0.25) is 0 Å². The van der Waals surface area contributed by atoms with Crippen molar-refractivity contribution in [2.24, 2.45) is 0 Å². The first kappa shape index (κ1) is 47.9. The number of carboxylic acid groups (broad SMARTS) is 1. The molecule has 1 unspecified atom stereocenters. The molecule has 0 aliphatic heterocycles. The lowest BCUT2D eigenvalue weighted by Crippen LogP contribution is -2.28. The maximum atomic E-state index is 12.7. The molecule has 0 aromatic rings. The van der Waals surface area contributed by atoms with Gasteiger partial charge in [0.05, 0.1) is 0 Å². The van der Waals surface area contributed by atoms with Crippen LogP contribution in [0.4, 0.5) is 0 Å². The fourth-order valence-corrected chi connectivity index (χ4v) is 6.41. The predicted molar refractivity (Wildman–Crippen MR) is 213 cm³/mol. The van der Waals surface area contributed by atoms with E-state index in [1.807, 2.05) is 0 Å². The number of unbranched alkanes of at least 4 members (excludes halogenated alkanes) is 26. The van der Waals surface area contributed by atoms with Crippen molar-refractivity contribution in [2.45, 2.75) is 232 Å². The summed E-state index contributed by atoms with van der Waals surface area (Å²) in [7, 11) is 0. The number of carbonyl (C=O) groups excluding carboxylic acids is 2. The summed E-state index contributed by atoms with van der Waals surface area (Å²) in [5.41, 5.74) is 0. The number of hydrogen-bond donors (Lipinski definition) is 2. The van der Waals surface area contributed by atoms with Crippen molar-refractivity contribution in [3.05, 3.63) is 24.3 Å². The van der Waals surface area contributed by atoms with E-state index in [-0.39, 0.29) is 24.5 Å². The summed E-state index contributed by atoms with van der Waals surface area (Å²) < 4.78 is 5.93. The number of rotatable bonds is 39. The van der Waals surface area contributed by atoms with E-state index < -0.39 is 5.97 Å². The molecule has 6 nitrogen and oxygen atoms in total. The van der Waals surface area contributed by atoms with Gasteiger partial charge in [0.2, 0.25) is 5.91 Å². The molecular weight excluding hydrogens is 622 g/mol. The Labute approximate surface area is 309 Å². The summed E-state index contributed by atoms with van der Waals surface area (Å²) in [5.74, 6) is -1.28. The molecular formula is C44H81NO5. The molecule has 1 atom stereocenters. The second-order valence-corrected chi connectivity index (χ2v) is 14.6. The Kier molecular flexibility index (Phi) is 38.0. The summed E-state index contributed by atoms with van der Waals surface area (Å²) in [6, 6.07) is 0. The lowest BCUT2D eigenvalue weighted by Gasteiger charge is -2.14. The van der Waals surface area contributed by atoms with E-state index >= 15 is 0 Å². The Hall–Kier alpha value is -2.11. The van der Waals surface area contributed by atoms with Gasteiger partial charge in [-0.3, -0.25) is 14.4 Å². The molecule has 0 heterocycles. The zero-order chi connectivity index (χ0) is 36.6. The van der Waals surface area contributed by atoms with Crippen LogP contribution in [0.5, 0.6) is 0 Å². The summed E-state index contributed by atoms with van der Waals surface area (Å²) in [6.07, 6.45) is 47.5. The predicted octanol–water partition coefficient (Wildman–Crippen LogP) is 13.1. The molecule has 1 amide bonds. The van der Waals surface area contributed by atoms with Crippen LogP contribution in [0.3, 0.4) is 0 Å². The normalized spacial score (nSPS) is 12.2. The van der Waals surface area contributed by atoms with Crippen molar-refractivity contribution in [1.29, 1.82) is 0 Å². The molecule has 50 heavy (non-hydrogen) atoms. The van der Waals surface area contributed by atoms with Crippen LogP contribution < -0.4 is 5.32 Å². The number of carbonyl (C=O) groups is 3. The van der Waals surface area contributed by atoms with Gasteiger partial charge in [-0.25, -0.2) is 0 Å². The van der Waals surface area contributed by atoms with Crippen LogP contribution in [0, 0.1) is 0 Å². The topological polar surface area (TPSA) is 92.7 Å². The maximum absolute atomic E-state index is 12.7. The standard InChI is InChI=1S/C44H81NO5/c1-3-5-7-9-11-13-14-15-16-17-18-19-20-21-23-25-31-35-39-44(49)50-41(36-32-28-24-22-12-10-8-6-4-2)37-33-29-26-27-30-34-38-42(46)45-40-43(47)48/h22,24,32,36,41H,3-21,23,25-31,33-35,37-40H2,1-2H3,(H,45,46)(H,47,48)/b24-22-,36-32-. The van der Waals surface area contributed by atoms with Crippen molar-refractivity contribution >= 4 is 17.8 Å². The molecule has 0 spiro atoms. The Balaban J connectivity index is 4.09. The Morgan fingerprint density at radius 3 is 1.48 bits per heavy atom. The van der Waals surface area contributed by atoms with Gasteiger partial charge < -0.3 is 15.2 Å². The molecule has 0 saturated heterocycles. The molecule has 0 saturated carbocycles. The van der Waals surface area contributed by atoms with Crippen LogP contribution in [0.1, 0.15) is 226 Å². The SMILES string of the molecule is CCCCCC/C=C\C/C=C\C(CCCCCCCCC(=O)NCC(=O)O)OC(=O)CCCCCCCCCCCCCCCCCCCC. The molecule has 292 valence electrons. The average molecular weight is 704 g/mol. The van der Waals surface area contributed by atoms with Crippen molar-refractivity contribution in [3.8, 4) is 0 Å². The Morgan fingerprint density at radius 1 is 0.540 bits per heavy atom. The number of esters is 1. The van der Waals surface area contributed by atoms with Crippen molar-refractivity contribution in [2.75, 3.05) is 6.54 Å².